The Hall–Kier alpha value is -1.93. The number of methoxy groups -OCH3 is 2. The lowest BCUT2D eigenvalue weighted by atomic mass is 9.56. The van der Waals surface area contributed by atoms with Gasteiger partial charge < -0.3 is 23.9 Å². The number of benzene rings is 1. The molecule has 2 aromatic rings. The molecule has 4 aliphatic rings. The molecule has 4 heterocycles. The number of nitrogens with zero attached hydrogens (tertiary/aromatic N) is 1. The Bertz CT molecular complexity index is 959. The third-order valence-electron chi connectivity index (χ3n) is 7.77. The number of hydrogen-bond acceptors (Lipinski definition) is 6. The molecule has 1 aliphatic carbocycles. The molecule has 174 valence electrons. The van der Waals surface area contributed by atoms with Gasteiger partial charge in [0.1, 0.15) is 12.2 Å². The predicted octanol–water partition coefficient (Wildman–Crippen LogP) is 2.87. The van der Waals surface area contributed by atoms with Crippen LogP contribution >= 0.6 is 0 Å². The van der Waals surface area contributed by atoms with Gasteiger partial charge in [-0.25, -0.2) is 0 Å². The van der Waals surface area contributed by atoms with Crippen molar-refractivity contribution < 1.29 is 23.7 Å². The van der Waals surface area contributed by atoms with Crippen LogP contribution in [-0.4, -0.2) is 75.8 Å². The summed E-state index contributed by atoms with van der Waals surface area (Å²) in [6.07, 6.45) is 3.87. The molecule has 0 spiro atoms. The summed E-state index contributed by atoms with van der Waals surface area (Å²) in [5.41, 5.74) is 2.86. The molecule has 6 rings (SSSR count). The Morgan fingerprint density at radius 2 is 2.03 bits per heavy atom. The average Bonchev–Trinajstić information content (AvgIpc) is 3.16. The number of carbonyl (C=O) groups excluding carboxylic acids is 1. The zero-order valence-electron chi connectivity index (χ0n) is 19.1. The molecular weight excluding hydrogens is 408 g/mol. The van der Waals surface area contributed by atoms with Crippen LogP contribution in [-0.2, 0) is 35.6 Å². The van der Waals surface area contributed by atoms with Gasteiger partial charge in [-0.2, -0.15) is 0 Å². The minimum Gasteiger partial charge on any atom is -0.468 e. The number of piperidine rings is 2. The van der Waals surface area contributed by atoms with Crippen LogP contribution in [0, 0.1) is 11.8 Å². The maximum absolute atomic E-state index is 13.6. The van der Waals surface area contributed by atoms with Crippen molar-refractivity contribution in [3.63, 3.8) is 0 Å². The number of aromatic amines is 1. The maximum atomic E-state index is 13.6. The number of H-pyrrole nitrogens is 1. The molecular formula is C25H34N2O5. The maximum Gasteiger partial charge on any atom is 0.319 e. The molecule has 4 bridgehead atoms. The van der Waals surface area contributed by atoms with Crippen LogP contribution in [0.4, 0.5) is 0 Å². The second-order valence-corrected chi connectivity index (χ2v) is 9.46. The molecule has 32 heavy (non-hydrogen) atoms. The van der Waals surface area contributed by atoms with Crippen molar-refractivity contribution in [2.45, 2.75) is 37.1 Å². The van der Waals surface area contributed by atoms with Crippen LogP contribution in [0.2, 0.25) is 0 Å². The SMILES string of the molecule is COCCOCOCC[C@H]1C[C@H]2CN3CCc4c([nH]c5ccccc45)[C@](C(=O)OC)(C2)[C@H]13. The Labute approximate surface area is 189 Å². The van der Waals surface area contributed by atoms with Gasteiger partial charge in [-0.1, -0.05) is 18.2 Å². The van der Waals surface area contributed by atoms with Gasteiger partial charge in [0.05, 0.1) is 20.3 Å². The molecule has 3 aliphatic heterocycles. The summed E-state index contributed by atoms with van der Waals surface area (Å²) in [6, 6.07) is 8.56. The van der Waals surface area contributed by atoms with Crippen molar-refractivity contribution >= 4 is 16.9 Å². The summed E-state index contributed by atoms with van der Waals surface area (Å²) in [5, 5.41) is 1.24. The molecule has 0 amide bonds. The van der Waals surface area contributed by atoms with Crippen LogP contribution in [0.25, 0.3) is 10.9 Å². The normalized spacial score (nSPS) is 30.8. The van der Waals surface area contributed by atoms with E-state index in [4.69, 9.17) is 18.9 Å². The number of hydrogen-bond donors (Lipinski definition) is 1. The Kier molecular flexibility index (Phi) is 6.25. The monoisotopic (exact) mass is 442 g/mol. The van der Waals surface area contributed by atoms with Crippen molar-refractivity contribution in [1.29, 1.82) is 0 Å². The fourth-order valence-electron chi connectivity index (χ4n) is 6.71. The molecule has 5 atom stereocenters. The number of ether oxygens (including phenoxy) is 4. The number of esters is 1. The number of fused-ring (bicyclic) bond motifs is 4. The van der Waals surface area contributed by atoms with E-state index < -0.39 is 5.41 Å². The second-order valence-electron chi connectivity index (χ2n) is 9.46. The van der Waals surface area contributed by atoms with Crippen molar-refractivity contribution in [2.75, 3.05) is 53.9 Å². The van der Waals surface area contributed by atoms with Crippen molar-refractivity contribution in [1.82, 2.24) is 9.88 Å². The summed E-state index contributed by atoms with van der Waals surface area (Å²) in [6.45, 7) is 4.06. The van der Waals surface area contributed by atoms with Gasteiger partial charge in [0.25, 0.3) is 0 Å². The molecule has 1 aromatic heterocycles. The van der Waals surface area contributed by atoms with E-state index in [9.17, 15) is 4.79 Å². The van der Waals surface area contributed by atoms with Crippen molar-refractivity contribution in [3.8, 4) is 0 Å². The molecule has 1 N–H and O–H groups in total. The first-order chi connectivity index (χ1) is 15.7. The zero-order valence-corrected chi connectivity index (χ0v) is 19.1. The zero-order chi connectivity index (χ0) is 22.1. The largest absolute Gasteiger partial charge is 0.468 e. The topological polar surface area (TPSA) is 73.0 Å². The molecule has 1 aromatic carbocycles. The van der Waals surface area contributed by atoms with Gasteiger partial charge in [0.15, 0.2) is 0 Å². The van der Waals surface area contributed by atoms with Gasteiger partial charge in [0.2, 0.25) is 0 Å². The number of aromatic nitrogens is 1. The van der Waals surface area contributed by atoms with Gasteiger partial charge in [0, 0.05) is 49.4 Å². The van der Waals surface area contributed by atoms with Gasteiger partial charge >= 0.3 is 5.97 Å². The Balaban J connectivity index is 1.44. The van der Waals surface area contributed by atoms with Crippen LogP contribution in [0.15, 0.2) is 24.3 Å². The average molecular weight is 443 g/mol. The molecule has 7 nitrogen and oxygen atoms in total. The number of para-hydroxylation sites is 1. The third-order valence-corrected chi connectivity index (χ3v) is 7.77. The Morgan fingerprint density at radius 3 is 2.88 bits per heavy atom. The van der Waals surface area contributed by atoms with Crippen molar-refractivity contribution in [2.24, 2.45) is 11.8 Å². The predicted molar refractivity (Wildman–Crippen MR) is 121 cm³/mol. The minimum atomic E-state index is -0.638. The molecule has 1 saturated carbocycles. The lowest BCUT2D eigenvalue weighted by molar-refractivity contribution is -0.163. The summed E-state index contributed by atoms with van der Waals surface area (Å²) in [5.74, 6) is 0.776. The first kappa shape index (κ1) is 21.9. The number of nitrogens with one attached hydrogen (secondary N) is 1. The molecule has 7 heteroatoms. The standard InChI is InChI=1S/C25H34N2O5/c1-29-11-12-32-16-31-10-8-18-13-17-14-25(24(28)30-2)22-20(7-9-27(15-17)23(18)25)19-5-3-4-6-21(19)26-22/h3-6,17-18,23,26H,7-16H2,1-2H3/t17-,18+,23+,25-/m1/s1. The fraction of sp³-hybridized carbons (Fsp3) is 0.640. The van der Waals surface area contributed by atoms with Crippen LogP contribution < -0.4 is 0 Å². The fourth-order valence-corrected chi connectivity index (χ4v) is 6.71. The molecule has 3 fully saturated rings. The van der Waals surface area contributed by atoms with Gasteiger partial charge in [-0.05, 0) is 49.1 Å². The lowest BCUT2D eigenvalue weighted by Gasteiger charge is -2.58. The van der Waals surface area contributed by atoms with E-state index in [1.807, 2.05) is 0 Å². The smallest absolute Gasteiger partial charge is 0.319 e. The lowest BCUT2D eigenvalue weighted by Crippen LogP contribution is -2.67. The highest BCUT2D eigenvalue weighted by molar-refractivity contribution is 5.91. The van der Waals surface area contributed by atoms with Gasteiger partial charge in [-0.3, -0.25) is 9.69 Å². The first-order valence-electron chi connectivity index (χ1n) is 11.8. The van der Waals surface area contributed by atoms with E-state index in [1.165, 1.54) is 18.1 Å². The summed E-state index contributed by atoms with van der Waals surface area (Å²) >= 11 is 0. The first-order valence-corrected chi connectivity index (χ1v) is 11.8. The molecule has 0 radical (unpaired) electrons. The third kappa shape index (κ3) is 3.55. The minimum absolute atomic E-state index is 0.0968. The highest BCUT2D eigenvalue weighted by Gasteiger charge is 2.62. The molecule has 1 unspecified atom stereocenters. The van der Waals surface area contributed by atoms with E-state index in [1.54, 1.807) is 7.11 Å². The van der Waals surface area contributed by atoms with Gasteiger partial charge in [-0.15, -0.1) is 0 Å². The quantitative estimate of drug-likeness (QED) is 0.366. The summed E-state index contributed by atoms with van der Waals surface area (Å²) in [7, 11) is 3.19. The van der Waals surface area contributed by atoms with Crippen molar-refractivity contribution in [3.05, 3.63) is 35.5 Å². The highest BCUT2D eigenvalue weighted by Crippen LogP contribution is 2.55. The second kappa shape index (κ2) is 9.14. The summed E-state index contributed by atoms with van der Waals surface area (Å²) in [4.78, 5) is 19.8. The van der Waals surface area contributed by atoms with E-state index in [0.29, 0.717) is 31.7 Å². The van der Waals surface area contributed by atoms with Crippen LogP contribution in [0.5, 0.6) is 0 Å². The van der Waals surface area contributed by atoms with E-state index in [2.05, 4.69) is 34.1 Å². The summed E-state index contributed by atoms with van der Waals surface area (Å²) < 4.78 is 21.7. The van der Waals surface area contributed by atoms with Crippen LogP contribution in [0.1, 0.15) is 30.5 Å². The highest BCUT2D eigenvalue weighted by atomic mass is 16.7. The van der Waals surface area contributed by atoms with E-state index in [-0.39, 0.29) is 18.8 Å². The number of carbonyl (C=O) groups is 1. The Morgan fingerprint density at radius 1 is 1.19 bits per heavy atom. The number of rotatable bonds is 9. The van der Waals surface area contributed by atoms with E-state index in [0.717, 1.165) is 50.0 Å². The van der Waals surface area contributed by atoms with Crippen LogP contribution in [0.3, 0.4) is 0 Å². The molecule has 2 saturated heterocycles. The van der Waals surface area contributed by atoms with E-state index >= 15 is 0 Å².